The van der Waals surface area contributed by atoms with E-state index in [0.29, 0.717) is 23.0 Å². The van der Waals surface area contributed by atoms with Crippen LogP contribution in [-0.4, -0.2) is 4.57 Å². The Hall–Kier alpha value is -6.46. The lowest BCUT2D eigenvalue weighted by Gasteiger charge is -2.30. The number of anilines is 3. The number of benzene rings is 7. The van der Waals surface area contributed by atoms with E-state index in [-0.39, 0.29) is 0 Å². The zero-order valence-electron chi connectivity index (χ0n) is 25.1. The molecule has 0 N–H and O–H groups in total. The fraction of sp³-hybridized carbons (Fsp3) is 0. The molecule has 1 aliphatic rings. The molecule has 47 heavy (non-hydrogen) atoms. The van der Waals surface area contributed by atoms with Gasteiger partial charge >= 0.3 is 0 Å². The molecular weight excluding hydrogens is 580 g/mol. The van der Waals surface area contributed by atoms with E-state index in [0.717, 1.165) is 61.1 Å². The zero-order valence-corrected chi connectivity index (χ0v) is 25.1. The van der Waals surface area contributed by atoms with Gasteiger partial charge in [-0.1, -0.05) is 72.8 Å². The summed E-state index contributed by atoms with van der Waals surface area (Å²) >= 11 is 0. The third kappa shape index (κ3) is 3.97. The molecule has 0 spiro atoms. The second-order valence-electron chi connectivity index (χ2n) is 11.8. The van der Waals surface area contributed by atoms with E-state index >= 15 is 0 Å². The maximum Gasteiger partial charge on any atom is 0.194 e. The van der Waals surface area contributed by atoms with Crippen LogP contribution in [0, 0.1) is 0 Å². The maximum absolute atomic E-state index is 6.59. The summed E-state index contributed by atoms with van der Waals surface area (Å²) in [5, 5.41) is 4.52. The fourth-order valence-corrected chi connectivity index (χ4v) is 6.95. The van der Waals surface area contributed by atoms with Gasteiger partial charge in [0.15, 0.2) is 23.0 Å². The number of para-hydroxylation sites is 6. The summed E-state index contributed by atoms with van der Waals surface area (Å²) in [4.78, 5) is 2.23. The number of nitrogens with zero attached hydrogens (tertiary/aromatic N) is 2. The van der Waals surface area contributed by atoms with Gasteiger partial charge in [0.1, 0.15) is 11.2 Å². The highest BCUT2D eigenvalue weighted by molar-refractivity contribution is 6.11. The van der Waals surface area contributed by atoms with Crippen LogP contribution in [0.5, 0.6) is 23.0 Å². The van der Waals surface area contributed by atoms with E-state index in [9.17, 15) is 0 Å². The van der Waals surface area contributed by atoms with Crippen molar-refractivity contribution in [1.29, 1.82) is 0 Å². The first-order valence-electron chi connectivity index (χ1n) is 15.7. The van der Waals surface area contributed by atoms with Gasteiger partial charge in [-0.25, -0.2) is 0 Å². The lowest BCUT2D eigenvalue weighted by molar-refractivity contribution is 0.360. The lowest BCUT2D eigenvalue weighted by atomic mass is 10.1. The van der Waals surface area contributed by atoms with Gasteiger partial charge in [-0.15, -0.1) is 0 Å². The first kappa shape index (κ1) is 25.8. The number of ether oxygens (including phenoxy) is 2. The molecule has 0 saturated carbocycles. The van der Waals surface area contributed by atoms with Gasteiger partial charge in [0.2, 0.25) is 0 Å². The quantitative estimate of drug-likeness (QED) is 0.200. The molecule has 0 amide bonds. The number of hydrogen-bond donors (Lipinski definition) is 0. The first-order chi connectivity index (χ1) is 23.3. The second-order valence-corrected chi connectivity index (χ2v) is 11.8. The van der Waals surface area contributed by atoms with Gasteiger partial charge in [-0.3, -0.25) is 0 Å². The van der Waals surface area contributed by atoms with Crippen molar-refractivity contribution in [3.8, 4) is 28.7 Å². The largest absolute Gasteiger partial charge is 0.456 e. The number of rotatable bonds is 4. The molecule has 0 atom stereocenters. The molecule has 5 nitrogen and oxygen atoms in total. The van der Waals surface area contributed by atoms with Crippen LogP contribution in [-0.2, 0) is 0 Å². The third-order valence-electron chi connectivity index (χ3n) is 9.03. The molecule has 0 bridgehead atoms. The highest BCUT2D eigenvalue weighted by Crippen LogP contribution is 2.53. The average molecular weight is 607 g/mol. The Morgan fingerprint density at radius 1 is 0.426 bits per heavy atom. The highest BCUT2D eigenvalue weighted by Gasteiger charge is 2.27. The summed E-state index contributed by atoms with van der Waals surface area (Å²) in [6.45, 7) is 0. The second kappa shape index (κ2) is 10.0. The molecule has 7 aromatic carbocycles. The summed E-state index contributed by atoms with van der Waals surface area (Å²) in [6, 6.07) is 54.2. The summed E-state index contributed by atoms with van der Waals surface area (Å²) in [5.41, 5.74) is 7.90. The van der Waals surface area contributed by atoms with Crippen molar-refractivity contribution in [3.05, 3.63) is 158 Å². The first-order valence-corrected chi connectivity index (χ1v) is 15.7. The molecule has 2 aromatic heterocycles. The van der Waals surface area contributed by atoms with E-state index in [4.69, 9.17) is 13.9 Å². The Morgan fingerprint density at radius 3 is 1.98 bits per heavy atom. The molecule has 10 rings (SSSR count). The van der Waals surface area contributed by atoms with E-state index < -0.39 is 0 Å². The Bertz CT molecular complexity index is 2650. The predicted molar refractivity (Wildman–Crippen MR) is 189 cm³/mol. The van der Waals surface area contributed by atoms with Crippen molar-refractivity contribution in [1.82, 2.24) is 4.57 Å². The Balaban J connectivity index is 1.22. The number of furan rings is 1. The number of fused-ring (bicyclic) bond motifs is 8. The van der Waals surface area contributed by atoms with Crippen LogP contribution in [0.4, 0.5) is 17.1 Å². The summed E-state index contributed by atoms with van der Waals surface area (Å²) in [7, 11) is 0. The van der Waals surface area contributed by atoms with Crippen molar-refractivity contribution in [2.45, 2.75) is 0 Å². The van der Waals surface area contributed by atoms with Crippen molar-refractivity contribution in [3.63, 3.8) is 0 Å². The maximum atomic E-state index is 6.59. The number of hydrogen-bond acceptors (Lipinski definition) is 4. The standard InChI is InChI=1S/C42H26N2O3/c1-2-11-27(12-3-1)44-34-15-6-4-13-30(34)33-25-28(22-24-35(33)44)43(29-21-23-32-31-14-5-7-17-37(31)45-41(32)26-29)36-16-10-20-40-42(36)47-39-19-9-8-18-38(39)46-40/h1-26H. The van der Waals surface area contributed by atoms with Crippen LogP contribution in [0.1, 0.15) is 0 Å². The number of aromatic nitrogens is 1. The van der Waals surface area contributed by atoms with E-state index in [1.165, 1.54) is 5.39 Å². The smallest absolute Gasteiger partial charge is 0.194 e. The molecule has 9 aromatic rings. The molecule has 0 unspecified atom stereocenters. The Morgan fingerprint density at radius 2 is 1.09 bits per heavy atom. The third-order valence-corrected chi connectivity index (χ3v) is 9.03. The van der Waals surface area contributed by atoms with Crippen LogP contribution < -0.4 is 14.4 Å². The SMILES string of the molecule is c1ccc(-n2c3ccccc3c3cc(N(c4ccc5c(c4)oc4ccccc45)c4cccc5c4Oc4ccccc4O5)ccc32)cc1. The average Bonchev–Trinajstić information content (AvgIpc) is 3.66. The van der Waals surface area contributed by atoms with Gasteiger partial charge < -0.3 is 23.4 Å². The van der Waals surface area contributed by atoms with Gasteiger partial charge in [0, 0.05) is 39.0 Å². The molecular formula is C42H26N2O3. The van der Waals surface area contributed by atoms with Crippen LogP contribution in [0.3, 0.4) is 0 Å². The van der Waals surface area contributed by atoms with E-state index in [1.54, 1.807) is 0 Å². The van der Waals surface area contributed by atoms with Crippen LogP contribution in [0.25, 0.3) is 49.4 Å². The van der Waals surface area contributed by atoms with Crippen molar-refractivity contribution in [2.24, 2.45) is 0 Å². The molecule has 0 aliphatic carbocycles. The molecule has 1 aliphatic heterocycles. The predicted octanol–water partition coefficient (Wildman–Crippen LogP) is 12.1. The topological polar surface area (TPSA) is 39.8 Å². The van der Waals surface area contributed by atoms with Gasteiger partial charge in [0.25, 0.3) is 0 Å². The Labute approximate surface area is 270 Å². The van der Waals surface area contributed by atoms with Crippen LogP contribution in [0.2, 0.25) is 0 Å². The van der Waals surface area contributed by atoms with Gasteiger partial charge in [0.05, 0.1) is 22.4 Å². The zero-order chi connectivity index (χ0) is 30.9. The monoisotopic (exact) mass is 606 g/mol. The Kier molecular flexibility index (Phi) is 5.51. The molecule has 5 heteroatoms. The van der Waals surface area contributed by atoms with Crippen LogP contribution >= 0.6 is 0 Å². The summed E-state index contributed by atoms with van der Waals surface area (Å²) in [6.07, 6.45) is 0. The minimum Gasteiger partial charge on any atom is -0.456 e. The minimum absolute atomic E-state index is 0.655. The summed E-state index contributed by atoms with van der Waals surface area (Å²) in [5.74, 6) is 2.70. The molecule has 0 saturated heterocycles. The molecule has 222 valence electrons. The van der Waals surface area contributed by atoms with Crippen molar-refractivity contribution < 1.29 is 13.9 Å². The van der Waals surface area contributed by atoms with E-state index in [2.05, 4.69) is 113 Å². The van der Waals surface area contributed by atoms with E-state index in [1.807, 2.05) is 54.6 Å². The summed E-state index contributed by atoms with van der Waals surface area (Å²) < 4.78 is 21.6. The lowest BCUT2D eigenvalue weighted by Crippen LogP contribution is -2.12. The normalized spacial score (nSPS) is 12.2. The molecule has 3 heterocycles. The van der Waals surface area contributed by atoms with Crippen molar-refractivity contribution >= 4 is 60.8 Å². The minimum atomic E-state index is 0.655. The van der Waals surface area contributed by atoms with Crippen molar-refractivity contribution in [2.75, 3.05) is 4.90 Å². The molecule has 0 fully saturated rings. The van der Waals surface area contributed by atoms with Crippen LogP contribution in [0.15, 0.2) is 162 Å². The van der Waals surface area contributed by atoms with Gasteiger partial charge in [-0.05, 0) is 78.9 Å². The highest BCUT2D eigenvalue weighted by atomic mass is 16.6. The fourth-order valence-electron chi connectivity index (χ4n) is 6.95. The van der Waals surface area contributed by atoms with Gasteiger partial charge in [-0.2, -0.15) is 0 Å². The molecule has 0 radical (unpaired) electrons.